The number of nitrogens with zero attached hydrogens (tertiary/aromatic N) is 4. The average Bonchev–Trinajstić information content (AvgIpc) is 2.85. The molecule has 2 aromatic rings. The minimum absolute atomic E-state index is 0.268. The van der Waals surface area contributed by atoms with Crippen LogP contribution in [0.25, 0.3) is 0 Å². The Morgan fingerprint density at radius 2 is 2.00 bits per heavy atom. The molecular formula is C13H17N5OS. The van der Waals surface area contributed by atoms with Crippen LogP contribution in [-0.4, -0.2) is 28.0 Å². The van der Waals surface area contributed by atoms with Gasteiger partial charge in [0.25, 0.3) is 0 Å². The molecule has 1 aliphatic rings. The molecule has 0 unspecified atom stereocenters. The smallest absolute Gasteiger partial charge is 0.231 e. The molecule has 0 spiro atoms. The topological polar surface area (TPSA) is 81.1 Å². The molecule has 6 nitrogen and oxygen atoms in total. The van der Waals surface area contributed by atoms with E-state index in [4.69, 9.17) is 10.2 Å². The van der Waals surface area contributed by atoms with E-state index < -0.39 is 0 Å². The van der Waals surface area contributed by atoms with Crippen LogP contribution in [0.1, 0.15) is 25.0 Å². The zero-order valence-electron chi connectivity index (χ0n) is 11.4. The van der Waals surface area contributed by atoms with E-state index in [0.29, 0.717) is 11.1 Å². The first-order valence-corrected chi connectivity index (χ1v) is 7.52. The Balaban J connectivity index is 1.84. The van der Waals surface area contributed by atoms with Crippen LogP contribution in [0.2, 0.25) is 0 Å². The fourth-order valence-corrected chi connectivity index (χ4v) is 3.00. The van der Waals surface area contributed by atoms with E-state index in [2.05, 4.69) is 19.9 Å². The number of furan rings is 1. The monoisotopic (exact) mass is 291 g/mol. The van der Waals surface area contributed by atoms with Crippen molar-refractivity contribution in [3.8, 4) is 0 Å². The Hall–Kier alpha value is -1.76. The average molecular weight is 291 g/mol. The highest BCUT2D eigenvalue weighted by atomic mass is 32.2. The summed E-state index contributed by atoms with van der Waals surface area (Å²) in [6.07, 6.45) is 5.28. The van der Waals surface area contributed by atoms with Gasteiger partial charge in [-0.3, -0.25) is 0 Å². The Kier molecular flexibility index (Phi) is 3.77. The van der Waals surface area contributed by atoms with Crippen molar-refractivity contribution in [2.45, 2.75) is 36.2 Å². The maximum absolute atomic E-state index is 5.81. The van der Waals surface area contributed by atoms with E-state index in [1.165, 1.54) is 31.0 Å². The van der Waals surface area contributed by atoms with E-state index in [-0.39, 0.29) is 5.95 Å². The van der Waals surface area contributed by atoms with Gasteiger partial charge in [-0.25, -0.2) is 0 Å². The summed E-state index contributed by atoms with van der Waals surface area (Å²) in [5.41, 5.74) is 5.81. The summed E-state index contributed by atoms with van der Waals surface area (Å²) >= 11 is 1.45. The van der Waals surface area contributed by atoms with E-state index in [0.717, 1.165) is 23.7 Å². The van der Waals surface area contributed by atoms with Gasteiger partial charge in [0, 0.05) is 13.1 Å². The second-order valence-corrected chi connectivity index (χ2v) is 5.78. The molecule has 20 heavy (non-hydrogen) atoms. The van der Waals surface area contributed by atoms with Gasteiger partial charge in [-0.1, -0.05) is 0 Å². The standard InChI is InChI=1S/C13H17N5OS/c1-9-10(5-8-19-9)20-13-16-11(14)15-12(17-13)18-6-3-2-4-7-18/h5,8H,2-4,6-7H2,1H3,(H2,14,15,16,17). The lowest BCUT2D eigenvalue weighted by atomic mass is 10.1. The minimum atomic E-state index is 0.268. The van der Waals surface area contributed by atoms with Crippen LogP contribution in [0.4, 0.5) is 11.9 Å². The molecule has 0 radical (unpaired) electrons. The van der Waals surface area contributed by atoms with Crippen molar-refractivity contribution in [2.24, 2.45) is 0 Å². The Morgan fingerprint density at radius 3 is 2.70 bits per heavy atom. The lowest BCUT2D eigenvalue weighted by Crippen LogP contribution is -2.31. The number of anilines is 2. The molecule has 0 bridgehead atoms. The highest BCUT2D eigenvalue weighted by Crippen LogP contribution is 2.29. The quantitative estimate of drug-likeness (QED) is 0.930. The third kappa shape index (κ3) is 2.87. The Bertz CT molecular complexity index is 594. The third-order valence-electron chi connectivity index (χ3n) is 3.27. The van der Waals surface area contributed by atoms with Crippen LogP contribution in [0.5, 0.6) is 0 Å². The lowest BCUT2D eigenvalue weighted by molar-refractivity contribution is 0.526. The predicted molar refractivity (Wildman–Crippen MR) is 77.9 cm³/mol. The summed E-state index contributed by atoms with van der Waals surface area (Å²) in [5, 5.41) is 0.613. The van der Waals surface area contributed by atoms with Crippen molar-refractivity contribution < 1.29 is 4.42 Å². The molecule has 1 fully saturated rings. The molecule has 1 aliphatic heterocycles. The van der Waals surface area contributed by atoms with E-state index >= 15 is 0 Å². The summed E-state index contributed by atoms with van der Waals surface area (Å²) in [6, 6.07) is 1.90. The molecule has 2 N–H and O–H groups in total. The molecule has 2 aromatic heterocycles. The van der Waals surface area contributed by atoms with Crippen LogP contribution in [-0.2, 0) is 0 Å². The first-order chi connectivity index (χ1) is 9.72. The second-order valence-electron chi connectivity index (χ2n) is 4.77. The van der Waals surface area contributed by atoms with Gasteiger partial charge in [0.2, 0.25) is 11.9 Å². The molecule has 7 heteroatoms. The summed E-state index contributed by atoms with van der Waals surface area (Å²) in [5.74, 6) is 1.80. The predicted octanol–water partition coefficient (Wildman–Crippen LogP) is 2.50. The number of nitrogens with two attached hydrogens (primary N) is 1. The highest BCUT2D eigenvalue weighted by Gasteiger charge is 2.16. The molecule has 3 heterocycles. The van der Waals surface area contributed by atoms with Crippen molar-refractivity contribution in [3.05, 3.63) is 18.1 Å². The number of hydrogen-bond acceptors (Lipinski definition) is 7. The maximum atomic E-state index is 5.81. The SMILES string of the molecule is Cc1occc1Sc1nc(N)nc(N2CCCCC2)n1. The van der Waals surface area contributed by atoms with Crippen molar-refractivity contribution in [1.82, 2.24) is 15.0 Å². The van der Waals surface area contributed by atoms with Gasteiger partial charge in [-0.05, 0) is 44.0 Å². The molecular weight excluding hydrogens is 274 g/mol. The molecule has 3 rings (SSSR count). The van der Waals surface area contributed by atoms with Gasteiger partial charge in [0.05, 0.1) is 11.2 Å². The molecule has 106 valence electrons. The first-order valence-electron chi connectivity index (χ1n) is 6.71. The normalized spacial score (nSPS) is 15.6. The fourth-order valence-electron chi connectivity index (χ4n) is 2.22. The Labute approximate surface area is 121 Å². The fraction of sp³-hybridized carbons (Fsp3) is 0.462. The molecule has 0 atom stereocenters. The van der Waals surface area contributed by atoms with Crippen LogP contribution in [0.3, 0.4) is 0 Å². The van der Waals surface area contributed by atoms with Gasteiger partial charge in [0.1, 0.15) is 5.76 Å². The van der Waals surface area contributed by atoms with Gasteiger partial charge >= 0.3 is 0 Å². The van der Waals surface area contributed by atoms with E-state index in [9.17, 15) is 0 Å². The summed E-state index contributed by atoms with van der Waals surface area (Å²) in [6.45, 7) is 3.88. The lowest BCUT2D eigenvalue weighted by Gasteiger charge is -2.26. The van der Waals surface area contributed by atoms with Crippen LogP contribution < -0.4 is 10.6 Å². The van der Waals surface area contributed by atoms with Crippen molar-refractivity contribution >= 4 is 23.7 Å². The van der Waals surface area contributed by atoms with Crippen LogP contribution >= 0.6 is 11.8 Å². The zero-order chi connectivity index (χ0) is 13.9. The molecule has 0 amide bonds. The number of aromatic nitrogens is 3. The number of hydrogen-bond donors (Lipinski definition) is 1. The largest absolute Gasteiger partial charge is 0.468 e. The van der Waals surface area contributed by atoms with Crippen molar-refractivity contribution in [1.29, 1.82) is 0 Å². The first kappa shape index (κ1) is 13.2. The second kappa shape index (κ2) is 5.70. The zero-order valence-corrected chi connectivity index (χ0v) is 12.2. The molecule has 0 aliphatic carbocycles. The van der Waals surface area contributed by atoms with Crippen LogP contribution in [0, 0.1) is 6.92 Å². The number of nitrogen functional groups attached to an aromatic ring is 1. The summed E-state index contributed by atoms with van der Waals surface area (Å²) in [7, 11) is 0. The van der Waals surface area contributed by atoms with Crippen molar-refractivity contribution in [2.75, 3.05) is 23.7 Å². The van der Waals surface area contributed by atoms with Gasteiger partial charge in [-0.15, -0.1) is 0 Å². The van der Waals surface area contributed by atoms with Gasteiger partial charge in [-0.2, -0.15) is 15.0 Å². The summed E-state index contributed by atoms with van der Waals surface area (Å²) in [4.78, 5) is 16.1. The molecule has 0 saturated carbocycles. The number of rotatable bonds is 3. The molecule has 1 saturated heterocycles. The van der Waals surface area contributed by atoms with Gasteiger partial charge in [0.15, 0.2) is 5.16 Å². The minimum Gasteiger partial charge on any atom is -0.468 e. The van der Waals surface area contributed by atoms with E-state index in [1.807, 2.05) is 13.0 Å². The molecule has 0 aromatic carbocycles. The van der Waals surface area contributed by atoms with E-state index in [1.54, 1.807) is 6.26 Å². The number of aryl methyl sites for hydroxylation is 1. The number of piperidine rings is 1. The van der Waals surface area contributed by atoms with Crippen molar-refractivity contribution in [3.63, 3.8) is 0 Å². The van der Waals surface area contributed by atoms with Crippen LogP contribution in [0.15, 0.2) is 26.8 Å². The maximum Gasteiger partial charge on any atom is 0.231 e. The Morgan fingerprint density at radius 1 is 1.20 bits per heavy atom. The summed E-state index contributed by atoms with van der Waals surface area (Å²) < 4.78 is 5.28. The third-order valence-corrected chi connectivity index (χ3v) is 4.28. The highest BCUT2D eigenvalue weighted by molar-refractivity contribution is 7.99. The van der Waals surface area contributed by atoms with Gasteiger partial charge < -0.3 is 15.1 Å².